The van der Waals surface area contributed by atoms with E-state index in [2.05, 4.69) is 61.5 Å². The van der Waals surface area contributed by atoms with Gasteiger partial charge in [0.15, 0.2) is 0 Å². The minimum Gasteiger partial charge on any atom is -0.382 e. The number of aryl methyl sites for hydroxylation is 1. The predicted octanol–water partition coefficient (Wildman–Crippen LogP) is 8.86. The van der Waals surface area contributed by atoms with E-state index in [-0.39, 0.29) is 0 Å². The first-order valence-corrected chi connectivity index (χ1v) is 12.0. The van der Waals surface area contributed by atoms with Crippen LogP contribution in [0.25, 0.3) is 11.1 Å². The van der Waals surface area contributed by atoms with Gasteiger partial charge in [0, 0.05) is 13.2 Å². The fourth-order valence-electron chi connectivity index (χ4n) is 3.64. The van der Waals surface area contributed by atoms with E-state index in [0.29, 0.717) is 0 Å². The summed E-state index contributed by atoms with van der Waals surface area (Å²) in [7, 11) is 0. The monoisotopic (exact) mass is 396 g/mol. The van der Waals surface area contributed by atoms with Crippen LogP contribution in [0.4, 0.5) is 0 Å². The molecule has 2 rings (SSSR count). The molecule has 0 spiro atoms. The van der Waals surface area contributed by atoms with Gasteiger partial charge in [-0.15, -0.1) is 0 Å². The van der Waals surface area contributed by atoms with Gasteiger partial charge in [0.25, 0.3) is 0 Å². The molecule has 0 bridgehead atoms. The van der Waals surface area contributed by atoms with Gasteiger partial charge in [0.05, 0.1) is 0 Å². The Kier molecular flexibility index (Phi) is 16.2. The summed E-state index contributed by atoms with van der Waals surface area (Å²) < 4.78 is 4.83. The molecule has 1 nitrogen and oxygen atoms in total. The standard InChI is InChI=1S/C24H34.C4H10O/c1-2-3-4-5-6-7-8-9-10-12-17-23-20-15-16-21-24(23)22-18-13-11-14-19-22;1-3-5-4-2/h11,13-16,18-21H,2-10,12,17H2,1H3;3-4H2,1-2H3. The Morgan fingerprint density at radius 3 is 1.62 bits per heavy atom. The van der Waals surface area contributed by atoms with Crippen molar-refractivity contribution < 1.29 is 4.74 Å². The lowest BCUT2D eigenvalue weighted by Crippen LogP contribution is -1.91. The molecule has 0 saturated carbocycles. The second-order valence-electron chi connectivity index (χ2n) is 7.74. The van der Waals surface area contributed by atoms with E-state index >= 15 is 0 Å². The van der Waals surface area contributed by atoms with Gasteiger partial charge in [-0.1, -0.05) is 119 Å². The van der Waals surface area contributed by atoms with Crippen molar-refractivity contribution in [1.29, 1.82) is 0 Å². The summed E-state index contributed by atoms with van der Waals surface area (Å²) in [6.07, 6.45) is 15.3. The summed E-state index contributed by atoms with van der Waals surface area (Å²) in [6.45, 7) is 7.95. The average Bonchev–Trinajstić information content (AvgIpc) is 2.77. The van der Waals surface area contributed by atoms with Crippen LogP contribution in [-0.2, 0) is 11.2 Å². The Balaban J connectivity index is 0.000000749. The van der Waals surface area contributed by atoms with E-state index in [1.807, 2.05) is 13.8 Å². The first kappa shape index (κ1) is 25.4. The van der Waals surface area contributed by atoms with Crippen molar-refractivity contribution in [2.45, 2.75) is 91.4 Å². The molecule has 0 saturated heterocycles. The fourth-order valence-corrected chi connectivity index (χ4v) is 3.64. The highest BCUT2D eigenvalue weighted by molar-refractivity contribution is 5.67. The quantitative estimate of drug-likeness (QED) is 0.290. The van der Waals surface area contributed by atoms with Gasteiger partial charge in [0.1, 0.15) is 0 Å². The highest BCUT2D eigenvalue weighted by atomic mass is 16.5. The summed E-state index contributed by atoms with van der Waals surface area (Å²) in [5, 5.41) is 0. The van der Waals surface area contributed by atoms with Gasteiger partial charge >= 0.3 is 0 Å². The number of benzene rings is 2. The zero-order chi connectivity index (χ0) is 21.0. The van der Waals surface area contributed by atoms with E-state index in [9.17, 15) is 0 Å². The normalized spacial score (nSPS) is 10.4. The Morgan fingerprint density at radius 1 is 0.552 bits per heavy atom. The van der Waals surface area contributed by atoms with Crippen molar-refractivity contribution in [2.24, 2.45) is 0 Å². The molecule has 0 aromatic heterocycles. The zero-order valence-corrected chi connectivity index (χ0v) is 19.3. The topological polar surface area (TPSA) is 9.23 Å². The first-order chi connectivity index (χ1) is 14.3. The number of unbranched alkanes of at least 4 members (excludes halogenated alkanes) is 9. The molecule has 0 amide bonds. The number of hydrogen-bond donors (Lipinski definition) is 0. The lowest BCUT2D eigenvalue weighted by molar-refractivity contribution is 0.162. The molecule has 0 radical (unpaired) electrons. The molecule has 0 heterocycles. The molecule has 0 aliphatic rings. The van der Waals surface area contributed by atoms with Crippen LogP contribution in [-0.4, -0.2) is 13.2 Å². The van der Waals surface area contributed by atoms with Crippen molar-refractivity contribution in [1.82, 2.24) is 0 Å². The SMILES string of the molecule is CCCCCCCCCCCCc1ccccc1-c1ccccc1.CCOCC. The van der Waals surface area contributed by atoms with E-state index in [4.69, 9.17) is 4.74 Å². The smallest absolute Gasteiger partial charge is 0.0437 e. The molecule has 162 valence electrons. The van der Waals surface area contributed by atoms with Crippen molar-refractivity contribution in [3.8, 4) is 11.1 Å². The summed E-state index contributed by atoms with van der Waals surface area (Å²) in [6, 6.07) is 19.7. The van der Waals surface area contributed by atoms with Gasteiger partial charge in [-0.05, 0) is 43.4 Å². The molecule has 0 N–H and O–H groups in total. The highest BCUT2D eigenvalue weighted by Crippen LogP contribution is 2.25. The Morgan fingerprint density at radius 2 is 1.07 bits per heavy atom. The Bertz CT molecular complexity index is 588. The van der Waals surface area contributed by atoms with Crippen LogP contribution in [0.5, 0.6) is 0 Å². The van der Waals surface area contributed by atoms with Gasteiger partial charge in [0.2, 0.25) is 0 Å². The lowest BCUT2D eigenvalue weighted by Gasteiger charge is -2.09. The molecule has 29 heavy (non-hydrogen) atoms. The highest BCUT2D eigenvalue weighted by Gasteiger charge is 2.03. The lowest BCUT2D eigenvalue weighted by atomic mass is 9.95. The fraction of sp³-hybridized carbons (Fsp3) is 0.571. The van der Waals surface area contributed by atoms with Crippen LogP contribution >= 0.6 is 0 Å². The third-order valence-electron chi connectivity index (χ3n) is 5.31. The molecular weight excluding hydrogens is 352 g/mol. The van der Waals surface area contributed by atoms with E-state index in [1.165, 1.54) is 87.3 Å². The van der Waals surface area contributed by atoms with Crippen LogP contribution < -0.4 is 0 Å². The summed E-state index contributed by atoms with van der Waals surface area (Å²) in [5.41, 5.74) is 4.26. The largest absolute Gasteiger partial charge is 0.382 e. The number of ether oxygens (including phenoxy) is 1. The van der Waals surface area contributed by atoms with Crippen molar-refractivity contribution >= 4 is 0 Å². The Labute approximate surface area is 180 Å². The van der Waals surface area contributed by atoms with E-state index in [1.54, 1.807) is 0 Å². The van der Waals surface area contributed by atoms with Crippen LogP contribution in [0.2, 0.25) is 0 Å². The first-order valence-electron chi connectivity index (χ1n) is 12.0. The van der Waals surface area contributed by atoms with E-state index < -0.39 is 0 Å². The van der Waals surface area contributed by atoms with Gasteiger partial charge in [-0.2, -0.15) is 0 Å². The van der Waals surface area contributed by atoms with Crippen LogP contribution in [0.1, 0.15) is 90.5 Å². The van der Waals surface area contributed by atoms with Gasteiger partial charge in [-0.25, -0.2) is 0 Å². The average molecular weight is 397 g/mol. The van der Waals surface area contributed by atoms with Crippen LogP contribution in [0.15, 0.2) is 54.6 Å². The molecule has 0 fully saturated rings. The maximum Gasteiger partial charge on any atom is 0.0437 e. The molecule has 0 aliphatic heterocycles. The molecular formula is C28H44O. The zero-order valence-electron chi connectivity index (χ0n) is 19.3. The van der Waals surface area contributed by atoms with Crippen LogP contribution in [0, 0.1) is 0 Å². The molecule has 0 aliphatic carbocycles. The van der Waals surface area contributed by atoms with Crippen molar-refractivity contribution in [3.05, 3.63) is 60.2 Å². The molecule has 0 atom stereocenters. The van der Waals surface area contributed by atoms with E-state index in [0.717, 1.165) is 13.2 Å². The summed E-state index contributed by atoms with van der Waals surface area (Å²) in [4.78, 5) is 0. The van der Waals surface area contributed by atoms with Crippen molar-refractivity contribution in [3.63, 3.8) is 0 Å². The second kappa shape index (κ2) is 18.4. The molecule has 1 heteroatoms. The third-order valence-corrected chi connectivity index (χ3v) is 5.31. The van der Waals surface area contributed by atoms with Gasteiger partial charge < -0.3 is 4.74 Å². The second-order valence-corrected chi connectivity index (χ2v) is 7.74. The number of rotatable bonds is 14. The maximum absolute atomic E-state index is 4.83. The van der Waals surface area contributed by atoms with Crippen molar-refractivity contribution in [2.75, 3.05) is 13.2 Å². The predicted molar refractivity (Wildman–Crippen MR) is 130 cm³/mol. The molecule has 2 aromatic carbocycles. The Hall–Kier alpha value is -1.60. The number of hydrogen-bond acceptors (Lipinski definition) is 1. The minimum atomic E-state index is 0.844. The molecule has 2 aromatic rings. The summed E-state index contributed by atoms with van der Waals surface area (Å²) in [5.74, 6) is 0. The molecule has 0 unspecified atom stereocenters. The minimum absolute atomic E-state index is 0.844. The third kappa shape index (κ3) is 12.5. The summed E-state index contributed by atoms with van der Waals surface area (Å²) >= 11 is 0. The van der Waals surface area contributed by atoms with Gasteiger partial charge in [-0.3, -0.25) is 0 Å². The van der Waals surface area contributed by atoms with Crippen LogP contribution in [0.3, 0.4) is 0 Å². The maximum atomic E-state index is 4.83.